The second-order valence-corrected chi connectivity index (χ2v) is 6.80. The molecule has 0 saturated carbocycles. The van der Waals surface area contributed by atoms with E-state index in [9.17, 15) is 34.8 Å². The molecule has 1 N–H and O–H groups in total. The van der Waals surface area contributed by atoms with E-state index in [0.717, 1.165) is 12.1 Å². The van der Waals surface area contributed by atoms with E-state index >= 15 is 0 Å². The Labute approximate surface area is 134 Å². The molecule has 0 unspecified atom stereocenters. The van der Waals surface area contributed by atoms with Crippen molar-refractivity contribution in [3.05, 3.63) is 27.8 Å². The molecule has 0 fully saturated rings. The van der Waals surface area contributed by atoms with E-state index in [4.69, 9.17) is 4.55 Å². The molecule has 0 amide bonds. The molecule has 0 bridgehead atoms. The first-order chi connectivity index (χ1) is 9.68. The van der Waals surface area contributed by atoms with E-state index in [1.807, 2.05) is 0 Å². The van der Waals surface area contributed by atoms with Crippen LogP contribution in [0.4, 0.5) is 26.3 Å². The minimum absolute atomic E-state index is 0.504. The molecule has 1 rings (SSSR count). The number of rotatable bonds is 4. The third-order valence-corrected chi connectivity index (χ3v) is 3.90. The van der Waals surface area contributed by atoms with Gasteiger partial charge in [-0.05, 0) is 46.9 Å². The van der Waals surface area contributed by atoms with E-state index < -0.39 is 39.6 Å². The fourth-order valence-electron chi connectivity index (χ4n) is 1.43. The Morgan fingerprint density at radius 2 is 1.41 bits per heavy atom. The van der Waals surface area contributed by atoms with Gasteiger partial charge in [-0.25, -0.2) is 0 Å². The molecule has 0 radical (unpaired) electrons. The van der Waals surface area contributed by atoms with Gasteiger partial charge in [0, 0.05) is 3.57 Å². The van der Waals surface area contributed by atoms with Crippen molar-refractivity contribution in [2.24, 2.45) is 0 Å². The Morgan fingerprint density at radius 1 is 1.00 bits per heavy atom. The standard InChI is InChI=1S/C10H7F6IO4S/c11-9(12,13)8(10(14,15)16,5-22(18,19)20)21-7-3-1-6(17)2-4-7/h1-4H,5H2,(H,18,19,20). The van der Waals surface area contributed by atoms with Gasteiger partial charge in [0.15, 0.2) is 0 Å². The molecule has 0 spiro atoms. The largest absolute Gasteiger partial charge is 0.468 e. The third kappa shape index (κ3) is 4.38. The van der Waals surface area contributed by atoms with Crippen molar-refractivity contribution in [3.63, 3.8) is 0 Å². The zero-order valence-corrected chi connectivity index (χ0v) is 13.2. The van der Waals surface area contributed by atoms with Crippen LogP contribution >= 0.6 is 22.6 Å². The smallest absolute Gasteiger partial charge is 0.438 e. The van der Waals surface area contributed by atoms with Gasteiger partial charge in [0.05, 0.1) is 0 Å². The maximum absolute atomic E-state index is 12.9. The number of ether oxygens (including phenoxy) is 1. The second-order valence-electron chi connectivity index (χ2n) is 4.10. The van der Waals surface area contributed by atoms with Crippen molar-refractivity contribution in [1.29, 1.82) is 0 Å². The Morgan fingerprint density at radius 3 is 1.73 bits per heavy atom. The lowest BCUT2D eigenvalue weighted by Gasteiger charge is -2.36. The molecule has 1 aromatic carbocycles. The van der Waals surface area contributed by atoms with Crippen molar-refractivity contribution in [2.75, 3.05) is 5.75 Å². The van der Waals surface area contributed by atoms with Crippen LogP contribution in [0.1, 0.15) is 0 Å². The van der Waals surface area contributed by atoms with Crippen LogP contribution in [-0.2, 0) is 10.1 Å². The number of hydrogen-bond acceptors (Lipinski definition) is 3. The summed E-state index contributed by atoms with van der Waals surface area (Å²) in [6, 6.07) is 3.97. The van der Waals surface area contributed by atoms with E-state index in [1.165, 1.54) is 12.1 Å². The molecule has 1 aromatic rings. The van der Waals surface area contributed by atoms with Gasteiger partial charge in [-0.3, -0.25) is 4.55 Å². The summed E-state index contributed by atoms with van der Waals surface area (Å²) >= 11 is 1.75. The molecule has 0 atom stereocenters. The van der Waals surface area contributed by atoms with Crippen molar-refractivity contribution in [3.8, 4) is 5.75 Å². The zero-order valence-electron chi connectivity index (χ0n) is 10.2. The minimum Gasteiger partial charge on any atom is -0.468 e. The first-order valence-electron chi connectivity index (χ1n) is 5.21. The van der Waals surface area contributed by atoms with Crippen LogP contribution in [0.2, 0.25) is 0 Å². The highest BCUT2D eigenvalue weighted by molar-refractivity contribution is 14.1. The van der Waals surface area contributed by atoms with Crippen LogP contribution in [0.3, 0.4) is 0 Å². The van der Waals surface area contributed by atoms with Gasteiger partial charge < -0.3 is 4.74 Å². The maximum atomic E-state index is 12.9. The normalized spacial score (nSPS) is 14.0. The average Bonchev–Trinajstić information content (AvgIpc) is 2.26. The quantitative estimate of drug-likeness (QED) is 0.422. The molecule has 126 valence electrons. The van der Waals surface area contributed by atoms with Gasteiger partial charge in [-0.1, -0.05) is 0 Å². The predicted molar refractivity (Wildman–Crippen MR) is 71.0 cm³/mol. The van der Waals surface area contributed by atoms with Crippen molar-refractivity contribution < 1.29 is 44.0 Å². The maximum Gasteiger partial charge on any atom is 0.438 e. The predicted octanol–water partition coefficient (Wildman–Crippen LogP) is 3.42. The second kappa shape index (κ2) is 6.03. The van der Waals surface area contributed by atoms with Crippen LogP contribution in [0.25, 0.3) is 0 Å². The highest BCUT2D eigenvalue weighted by Crippen LogP contribution is 2.47. The Balaban J connectivity index is 3.45. The van der Waals surface area contributed by atoms with Crippen molar-refractivity contribution in [1.82, 2.24) is 0 Å². The molecule has 0 saturated heterocycles. The van der Waals surface area contributed by atoms with Gasteiger partial charge in [0.2, 0.25) is 0 Å². The van der Waals surface area contributed by atoms with E-state index in [1.54, 1.807) is 22.6 Å². The van der Waals surface area contributed by atoms with Crippen LogP contribution in [0, 0.1) is 3.57 Å². The first-order valence-corrected chi connectivity index (χ1v) is 7.90. The fraction of sp³-hybridized carbons (Fsp3) is 0.400. The highest BCUT2D eigenvalue weighted by Gasteiger charge is 2.75. The van der Waals surface area contributed by atoms with Gasteiger partial charge >= 0.3 is 18.0 Å². The molecule has 12 heteroatoms. The summed E-state index contributed by atoms with van der Waals surface area (Å²) in [5, 5.41) is 0. The SMILES string of the molecule is O=S(=O)(O)CC(Oc1ccc(I)cc1)(C(F)(F)F)C(F)(F)F. The Kier molecular flexibility index (Phi) is 5.29. The van der Waals surface area contributed by atoms with Crippen LogP contribution in [0.15, 0.2) is 24.3 Å². The molecule has 4 nitrogen and oxygen atoms in total. The molecule has 22 heavy (non-hydrogen) atoms. The number of halogens is 7. The molecule has 0 aliphatic rings. The lowest BCUT2D eigenvalue weighted by molar-refractivity contribution is -0.348. The van der Waals surface area contributed by atoms with Gasteiger partial charge in [0.25, 0.3) is 10.1 Å². The first kappa shape index (κ1) is 19.3. The minimum atomic E-state index is -6.13. The van der Waals surface area contributed by atoms with Crippen molar-refractivity contribution in [2.45, 2.75) is 18.0 Å². The molecule has 0 heterocycles. The molecular weight excluding hydrogens is 457 g/mol. The number of alkyl halides is 6. The lowest BCUT2D eigenvalue weighted by atomic mass is 10.1. The van der Waals surface area contributed by atoms with Crippen LogP contribution in [0.5, 0.6) is 5.75 Å². The molecule has 0 aliphatic carbocycles. The summed E-state index contributed by atoms with van der Waals surface area (Å²) < 4.78 is 112. The Bertz CT molecular complexity index is 608. The van der Waals surface area contributed by atoms with Gasteiger partial charge in [-0.2, -0.15) is 34.8 Å². The van der Waals surface area contributed by atoms with E-state index in [0.29, 0.717) is 3.57 Å². The van der Waals surface area contributed by atoms with Crippen LogP contribution < -0.4 is 4.74 Å². The number of benzene rings is 1. The lowest BCUT2D eigenvalue weighted by Crippen LogP contribution is -2.64. The molecule has 0 aromatic heterocycles. The molecule has 0 aliphatic heterocycles. The third-order valence-electron chi connectivity index (χ3n) is 2.41. The van der Waals surface area contributed by atoms with E-state index in [2.05, 4.69) is 4.74 Å². The van der Waals surface area contributed by atoms with Gasteiger partial charge in [-0.15, -0.1) is 0 Å². The summed E-state index contributed by atoms with van der Waals surface area (Å²) in [7, 11) is -5.64. The zero-order chi connectivity index (χ0) is 17.4. The topological polar surface area (TPSA) is 63.6 Å². The molecular formula is C10H7F6IO4S. The summed E-state index contributed by atoms with van der Waals surface area (Å²) in [5.74, 6) is -3.56. The van der Waals surface area contributed by atoms with Crippen molar-refractivity contribution >= 4 is 32.7 Å². The Hall–Kier alpha value is -0.760. The van der Waals surface area contributed by atoms with Crippen LogP contribution in [-0.4, -0.2) is 36.7 Å². The highest BCUT2D eigenvalue weighted by atomic mass is 127. The monoisotopic (exact) mass is 464 g/mol. The summed E-state index contributed by atoms with van der Waals surface area (Å²) in [6.07, 6.45) is -12.3. The fourth-order valence-corrected chi connectivity index (χ4v) is 2.69. The number of hydrogen-bond donors (Lipinski definition) is 1. The average molecular weight is 464 g/mol. The summed E-state index contributed by atoms with van der Waals surface area (Å²) in [6.45, 7) is 0. The summed E-state index contributed by atoms with van der Waals surface area (Å²) in [5.41, 5.74) is -5.08. The van der Waals surface area contributed by atoms with Gasteiger partial charge in [0.1, 0.15) is 11.5 Å². The van der Waals surface area contributed by atoms with E-state index in [-0.39, 0.29) is 0 Å². The summed E-state index contributed by atoms with van der Waals surface area (Å²) in [4.78, 5) is 0.